The third-order valence-corrected chi connectivity index (χ3v) is 28.4. The molecule has 4 unspecified atom stereocenters. The number of hydrogen-bond acceptors (Lipinski definition) is 12. The lowest BCUT2D eigenvalue weighted by atomic mass is 9.77. The average molecular weight is 1730 g/mol. The summed E-state index contributed by atoms with van der Waals surface area (Å²) in [7, 11) is 0. The van der Waals surface area contributed by atoms with E-state index in [2.05, 4.69) is 172 Å². The van der Waals surface area contributed by atoms with Gasteiger partial charge in [0.25, 0.3) is 0 Å². The zero-order chi connectivity index (χ0) is 87.7. The molecule has 0 radical (unpaired) electrons. The van der Waals surface area contributed by atoms with Crippen LogP contribution < -0.4 is 37.9 Å². The Hall–Kier alpha value is -9.96. The van der Waals surface area contributed by atoms with Crippen molar-refractivity contribution in [3.05, 3.63) is 165 Å². The number of rotatable bonds is 48. The summed E-state index contributed by atoms with van der Waals surface area (Å²) >= 11 is 0. The summed E-state index contributed by atoms with van der Waals surface area (Å²) in [6.07, 6.45) is 56.9. The topological polar surface area (TPSA) is 189 Å². The van der Waals surface area contributed by atoms with E-state index in [0.717, 1.165) is 163 Å². The van der Waals surface area contributed by atoms with Crippen LogP contribution in [0, 0.1) is 0 Å². The molecule has 8 aromatic carbocycles. The van der Waals surface area contributed by atoms with Crippen LogP contribution in [0.5, 0.6) is 92.0 Å². The van der Waals surface area contributed by atoms with E-state index in [4.69, 9.17) is 57.8 Å². The lowest BCUT2D eigenvalue weighted by Gasteiger charge is -2.29. The van der Waals surface area contributed by atoms with Gasteiger partial charge in [-0.1, -0.05) is 287 Å². The van der Waals surface area contributed by atoms with Crippen LogP contribution in [0.1, 0.15) is 429 Å². The van der Waals surface area contributed by atoms with Crippen LogP contribution in [-0.4, -0.2) is 39.9 Å². The van der Waals surface area contributed by atoms with Crippen molar-refractivity contribution in [3.8, 4) is 92.0 Å². The van der Waals surface area contributed by atoms with Gasteiger partial charge in [-0.15, -0.1) is 0 Å². The fraction of sp³-hybridized carbons (Fsp3) is 0.536. The molecule has 0 fully saturated rings. The van der Waals surface area contributed by atoms with Crippen LogP contribution in [0.3, 0.4) is 0 Å². The first-order chi connectivity index (χ1) is 63.1. The summed E-state index contributed by atoms with van der Waals surface area (Å²) in [5, 5.41) is 0. The minimum Gasteiger partial charge on any atom is -0.453 e. The van der Waals surface area contributed by atoms with Gasteiger partial charge < -0.3 is 57.8 Å². The molecule has 8 bridgehead atoms. The Morgan fingerprint density at radius 2 is 0.336 bits per heavy atom. The van der Waals surface area contributed by atoms with Crippen LogP contribution in [0.15, 0.2) is 97.1 Å². The number of H-pyrrole nitrogens is 4. The first-order valence-electron chi connectivity index (χ1n) is 51.3. The van der Waals surface area contributed by atoms with E-state index in [-0.39, 0.29) is 23.7 Å². The second kappa shape index (κ2) is 43.6. The number of ether oxygens (including phenoxy) is 8. The Balaban J connectivity index is 0.830. The van der Waals surface area contributed by atoms with Crippen molar-refractivity contribution in [2.24, 2.45) is 0 Å². The summed E-state index contributed by atoms with van der Waals surface area (Å²) in [6, 6.07) is 34.9. The van der Waals surface area contributed by atoms with Gasteiger partial charge >= 0.3 is 0 Å². The van der Waals surface area contributed by atoms with Crippen molar-refractivity contribution in [3.63, 3.8) is 0 Å². The van der Waals surface area contributed by atoms with E-state index in [1.807, 2.05) is 0 Å². The molecule has 4 aliphatic heterocycles. The van der Waals surface area contributed by atoms with Gasteiger partial charge in [0, 0.05) is 167 Å². The zero-order valence-corrected chi connectivity index (χ0v) is 78.5. The maximum atomic E-state index is 7.71. The number of fused-ring (bicyclic) bond motifs is 8. The molecular weight excluding hydrogens is 1590 g/mol. The van der Waals surface area contributed by atoms with Crippen molar-refractivity contribution in [1.29, 1.82) is 0 Å². The van der Waals surface area contributed by atoms with Crippen LogP contribution in [0.2, 0.25) is 0 Å². The lowest BCUT2D eigenvalue weighted by molar-refractivity contribution is 0.401. The molecule has 16 heteroatoms. The molecule has 128 heavy (non-hydrogen) atoms. The average Bonchev–Trinajstić information content (AvgIpc) is 1.50. The van der Waals surface area contributed by atoms with Gasteiger partial charge in [-0.05, 0) is 75.6 Å². The predicted octanol–water partition coefficient (Wildman–Crippen LogP) is 35.1. The van der Waals surface area contributed by atoms with Gasteiger partial charge in [0.15, 0.2) is 46.0 Å². The molecular formula is C112H144N8O8. The van der Waals surface area contributed by atoms with E-state index in [1.54, 1.807) is 0 Å². The second-order valence-corrected chi connectivity index (χ2v) is 38.1. The molecule has 8 heterocycles. The highest BCUT2D eigenvalue weighted by Crippen LogP contribution is 2.60. The molecule has 5 aliphatic rings. The lowest BCUT2D eigenvalue weighted by Crippen LogP contribution is -2.12. The van der Waals surface area contributed by atoms with Crippen molar-refractivity contribution >= 4 is 44.1 Å². The Morgan fingerprint density at radius 3 is 0.500 bits per heavy atom. The number of unbranched alkanes of at least 4 members (excludes halogenated alkanes) is 36. The highest BCUT2D eigenvalue weighted by Gasteiger charge is 2.39. The minimum absolute atomic E-state index is 0.294. The second-order valence-electron chi connectivity index (χ2n) is 38.1. The maximum absolute atomic E-state index is 7.71. The molecule has 1 aliphatic carbocycles. The highest BCUT2D eigenvalue weighted by molar-refractivity contribution is 5.85. The smallest absolute Gasteiger partial charge is 0.172 e. The summed E-state index contributed by atoms with van der Waals surface area (Å²) in [5.41, 5.74) is 14.8. The van der Waals surface area contributed by atoms with Gasteiger partial charge in [0.1, 0.15) is 69.3 Å². The number of aryl methyl sites for hydroxylation is 4. The molecule has 0 saturated carbocycles. The Labute approximate surface area is 761 Å². The third kappa shape index (κ3) is 21.1. The summed E-state index contributed by atoms with van der Waals surface area (Å²) in [4.78, 5) is 36.5. The fourth-order valence-electron chi connectivity index (χ4n) is 21.2. The van der Waals surface area contributed by atoms with E-state index in [1.165, 1.54) is 231 Å². The van der Waals surface area contributed by atoms with Gasteiger partial charge in [-0.3, -0.25) is 0 Å². The Morgan fingerprint density at radius 1 is 0.180 bits per heavy atom. The number of nitrogens with zero attached hydrogens (tertiary/aromatic N) is 4. The van der Waals surface area contributed by atoms with Crippen LogP contribution in [-0.2, 0) is 25.7 Å². The largest absolute Gasteiger partial charge is 0.453 e. The first kappa shape index (κ1) is 90.0. The van der Waals surface area contributed by atoms with Gasteiger partial charge in [0.05, 0.1) is 44.1 Å². The van der Waals surface area contributed by atoms with E-state index in [9.17, 15) is 0 Å². The fourth-order valence-corrected chi connectivity index (χ4v) is 21.2. The zero-order valence-electron chi connectivity index (χ0n) is 78.5. The molecule has 0 amide bonds. The predicted molar refractivity (Wildman–Crippen MR) is 521 cm³/mol. The van der Waals surface area contributed by atoms with Crippen LogP contribution in [0.4, 0.5) is 0 Å². The van der Waals surface area contributed by atoms with Crippen molar-refractivity contribution in [2.45, 2.75) is 387 Å². The number of aromatic nitrogens is 8. The quantitative estimate of drug-likeness (QED) is 0.0265. The van der Waals surface area contributed by atoms with Crippen molar-refractivity contribution in [2.75, 3.05) is 0 Å². The molecule has 12 aromatic rings. The number of hydrogen-bond donors (Lipinski definition) is 4. The van der Waals surface area contributed by atoms with Crippen LogP contribution >= 0.6 is 0 Å². The molecule has 16 nitrogen and oxygen atoms in total. The SMILES string of the molecule is CCCCCCCCCCCCc1nc2cc3c(cc2[nH]1)Oc1cc2c4cc1C(CC)c1cc5c(cc1O3)Oc1cc3nc(CCCCCCCCCCCC)[nH]c3cc1Oc1cc3c(cc1C5CC)C(CC)c1cc(c(cc1Oc1cc5nc(CCCCCCCCCCCC)[nH]c5cc1O3)Oc1cc3[nH]c(CCCCCCCCCCCC)nc3cc1O2)C4CC. The molecule has 4 N–H and O–H groups in total. The van der Waals surface area contributed by atoms with Gasteiger partial charge in [-0.2, -0.15) is 0 Å². The molecule has 4 atom stereocenters. The van der Waals surface area contributed by atoms with Crippen LogP contribution in [0.25, 0.3) is 44.1 Å². The molecule has 680 valence electrons. The number of aromatic amines is 4. The number of benzene rings is 8. The van der Waals surface area contributed by atoms with Gasteiger partial charge in [-0.25, -0.2) is 19.9 Å². The van der Waals surface area contributed by atoms with Crippen molar-refractivity contribution in [1.82, 2.24) is 39.9 Å². The van der Waals surface area contributed by atoms with E-state index < -0.39 is 0 Å². The monoisotopic (exact) mass is 1730 g/mol. The molecule has 0 spiro atoms. The standard InChI is InChI=1S/C112H144N8O8/c1-9-17-21-25-29-33-37-41-45-49-53-109-113-85-61-101-102(62-86(85)114-109)122-94-70-96-80-58-78(94)73(13-5)77-57-79-74(14-6)81-59-83-76(16-8)84-60-82(75(80)15-7)98(126-106-66-90-88(64-104(106)124-96)116-111(118-90)55-51-47-43-39-35-31-27-23-19-11-3)72-100(84)128-108-68-92-91(119-112(120-92)56-52-48-44-40-36-32-28-24-20-12-4)67-107(108)127-99(83)71-97(81)125-105-65-89-87(63-103(105)123-95(79)69-93(77)121-101)115-110(117-89)54-50-46-42-38-34-30-26-22-18-10-2/h57-76H,9-56H2,1-8H3,(H,113,114)(H,115,117)(H,116,118)(H,119,120). The maximum Gasteiger partial charge on any atom is 0.172 e. The molecule has 0 saturated heterocycles. The summed E-state index contributed by atoms with van der Waals surface area (Å²) in [5.74, 6) is 12.3. The Kier molecular flexibility index (Phi) is 30.7. The first-order valence-corrected chi connectivity index (χ1v) is 51.3. The normalized spacial score (nSPS) is 15.6. The van der Waals surface area contributed by atoms with E-state index >= 15 is 0 Å². The summed E-state index contributed by atoms with van der Waals surface area (Å²) in [6.45, 7) is 18.3. The third-order valence-electron chi connectivity index (χ3n) is 28.4. The highest BCUT2D eigenvalue weighted by atomic mass is 16.5. The number of imidazole rings is 4. The minimum atomic E-state index is -0.295. The molecule has 4 aromatic heterocycles. The Bertz CT molecular complexity index is 4770. The van der Waals surface area contributed by atoms with Crippen molar-refractivity contribution < 1.29 is 37.9 Å². The molecule has 17 rings (SSSR count). The van der Waals surface area contributed by atoms with E-state index in [0.29, 0.717) is 118 Å². The summed E-state index contributed by atoms with van der Waals surface area (Å²) < 4.78 is 61.7. The van der Waals surface area contributed by atoms with Gasteiger partial charge in [0.2, 0.25) is 0 Å². The number of nitrogens with one attached hydrogen (secondary N) is 4.